The highest BCUT2D eigenvalue weighted by Crippen LogP contribution is 2.14. The Bertz CT molecular complexity index is 544. The lowest BCUT2D eigenvalue weighted by Gasteiger charge is -2.07. The van der Waals surface area contributed by atoms with E-state index in [0.717, 1.165) is 17.8 Å². The van der Waals surface area contributed by atoms with Crippen molar-refractivity contribution in [1.29, 1.82) is 0 Å². The second-order valence-electron chi connectivity index (χ2n) is 4.06. The normalized spacial score (nSPS) is 10.5. The summed E-state index contributed by atoms with van der Waals surface area (Å²) in [5, 5.41) is 0. The van der Waals surface area contributed by atoms with Crippen molar-refractivity contribution in [3.63, 3.8) is 0 Å². The van der Waals surface area contributed by atoms with Gasteiger partial charge in [-0.1, -0.05) is 6.07 Å². The van der Waals surface area contributed by atoms with E-state index < -0.39 is 11.6 Å². The molecule has 1 heterocycles. The Morgan fingerprint density at radius 2 is 1.95 bits per heavy atom. The quantitative estimate of drug-likeness (QED) is 0.902. The van der Waals surface area contributed by atoms with Crippen molar-refractivity contribution >= 4 is 0 Å². The van der Waals surface area contributed by atoms with Crippen molar-refractivity contribution in [1.82, 2.24) is 4.98 Å². The fourth-order valence-electron chi connectivity index (χ4n) is 1.59. The molecule has 5 heteroatoms. The molecule has 0 amide bonds. The van der Waals surface area contributed by atoms with Crippen LogP contribution in [0, 0.1) is 11.6 Å². The summed E-state index contributed by atoms with van der Waals surface area (Å²) in [4.78, 5) is 4.17. The van der Waals surface area contributed by atoms with Crippen LogP contribution in [0.2, 0.25) is 0 Å². The number of halogens is 2. The largest absolute Gasteiger partial charge is 0.487 e. The predicted molar refractivity (Wildman–Crippen MR) is 67.7 cm³/mol. The van der Waals surface area contributed by atoms with Crippen LogP contribution in [0.4, 0.5) is 8.78 Å². The number of benzene rings is 1. The lowest BCUT2D eigenvalue weighted by atomic mass is 10.2. The van der Waals surface area contributed by atoms with Crippen LogP contribution in [-0.4, -0.2) is 11.5 Å². The Labute approximate surface area is 110 Å². The molecule has 1 aromatic heterocycles. The smallest absolute Gasteiger partial charge is 0.159 e. The van der Waals surface area contributed by atoms with Gasteiger partial charge in [-0.25, -0.2) is 8.78 Å². The molecule has 100 valence electrons. The number of pyridine rings is 1. The summed E-state index contributed by atoms with van der Waals surface area (Å²) in [5.74, 6) is -1.17. The first kappa shape index (κ1) is 13.4. The number of rotatable bonds is 5. The molecule has 0 aliphatic heterocycles. The van der Waals surface area contributed by atoms with Gasteiger partial charge in [0, 0.05) is 12.1 Å². The molecule has 0 aliphatic carbocycles. The molecule has 2 rings (SSSR count). The van der Waals surface area contributed by atoms with E-state index in [2.05, 4.69) is 4.98 Å². The Morgan fingerprint density at radius 1 is 1.11 bits per heavy atom. The lowest BCUT2D eigenvalue weighted by Crippen LogP contribution is -2.04. The molecule has 2 N–H and O–H groups in total. The molecule has 0 aliphatic rings. The van der Waals surface area contributed by atoms with Gasteiger partial charge < -0.3 is 10.5 Å². The van der Waals surface area contributed by atoms with Crippen molar-refractivity contribution in [3.8, 4) is 5.75 Å². The fourth-order valence-corrected chi connectivity index (χ4v) is 1.59. The number of hydrogen-bond donors (Lipinski definition) is 1. The van der Waals surface area contributed by atoms with Crippen LogP contribution < -0.4 is 10.5 Å². The van der Waals surface area contributed by atoms with Crippen molar-refractivity contribution in [2.45, 2.75) is 13.0 Å². The van der Waals surface area contributed by atoms with Crippen molar-refractivity contribution < 1.29 is 13.5 Å². The van der Waals surface area contributed by atoms with Crippen LogP contribution in [0.5, 0.6) is 5.75 Å². The molecule has 0 spiro atoms. The minimum atomic E-state index is -0.877. The number of nitrogens with two attached hydrogens (primary N) is 1. The van der Waals surface area contributed by atoms with E-state index in [1.807, 2.05) is 6.07 Å². The Balaban J connectivity index is 1.96. The van der Waals surface area contributed by atoms with Gasteiger partial charge in [-0.2, -0.15) is 0 Å². The minimum absolute atomic E-state index is 0.162. The fraction of sp³-hybridized carbons (Fsp3) is 0.214. The van der Waals surface area contributed by atoms with Crippen LogP contribution in [0.25, 0.3) is 0 Å². The zero-order valence-electron chi connectivity index (χ0n) is 10.3. The summed E-state index contributed by atoms with van der Waals surface area (Å²) >= 11 is 0. The summed E-state index contributed by atoms with van der Waals surface area (Å²) in [6.45, 7) is 0.706. The third-order valence-electron chi connectivity index (χ3n) is 2.59. The van der Waals surface area contributed by atoms with Crippen molar-refractivity contribution in [2.24, 2.45) is 5.73 Å². The highest BCUT2D eigenvalue weighted by Gasteiger charge is 2.03. The number of aromatic nitrogens is 1. The van der Waals surface area contributed by atoms with Gasteiger partial charge in [-0.05, 0) is 36.4 Å². The average Bonchev–Trinajstić information content (AvgIpc) is 2.42. The van der Waals surface area contributed by atoms with Gasteiger partial charge in [-0.15, -0.1) is 0 Å². The maximum absolute atomic E-state index is 13.0. The molecular weight excluding hydrogens is 250 g/mol. The Kier molecular flexibility index (Phi) is 4.41. The summed E-state index contributed by atoms with van der Waals surface area (Å²) in [6.07, 6.45) is 2.30. The molecule has 2 aromatic rings. The van der Waals surface area contributed by atoms with E-state index >= 15 is 0 Å². The van der Waals surface area contributed by atoms with E-state index in [4.69, 9.17) is 10.5 Å². The first-order valence-electron chi connectivity index (χ1n) is 5.91. The molecule has 0 saturated carbocycles. The van der Waals surface area contributed by atoms with Gasteiger partial charge in [0.1, 0.15) is 12.4 Å². The Hall–Kier alpha value is -2.01. The first-order chi connectivity index (χ1) is 9.19. The monoisotopic (exact) mass is 264 g/mol. The van der Waals surface area contributed by atoms with Gasteiger partial charge in [-0.3, -0.25) is 4.98 Å². The second kappa shape index (κ2) is 6.24. The third-order valence-corrected chi connectivity index (χ3v) is 2.59. The summed E-state index contributed by atoms with van der Waals surface area (Å²) in [6, 6.07) is 7.28. The summed E-state index contributed by atoms with van der Waals surface area (Å²) in [7, 11) is 0. The van der Waals surface area contributed by atoms with Crippen LogP contribution in [0.1, 0.15) is 11.3 Å². The summed E-state index contributed by atoms with van der Waals surface area (Å²) < 4.78 is 31.2. The first-order valence-corrected chi connectivity index (χ1v) is 5.91. The van der Waals surface area contributed by atoms with Gasteiger partial charge in [0.2, 0.25) is 0 Å². The molecule has 0 unspecified atom stereocenters. The maximum Gasteiger partial charge on any atom is 0.159 e. The summed E-state index contributed by atoms with van der Waals surface area (Å²) in [5.41, 5.74) is 6.87. The topological polar surface area (TPSA) is 48.1 Å². The highest BCUT2D eigenvalue weighted by molar-refractivity contribution is 5.22. The van der Waals surface area contributed by atoms with Crippen LogP contribution in [0.15, 0.2) is 36.5 Å². The highest BCUT2D eigenvalue weighted by atomic mass is 19.2. The SMILES string of the molecule is NCCc1ccc(OCc2ccc(F)c(F)c2)cn1. The van der Waals surface area contributed by atoms with Crippen molar-refractivity contribution in [3.05, 3.63) is 59.4 Å². The predicted octanol–water partition coefficient (Wildman–Crippen LogP) is 2.44. The van der Waals surface area contributed by atoms with Crippen LogP contribution >= 0.6 is 0 Å². The van der Waals surface area contributed by atoms with E-state index in [0.29, 0.717) is 24.3 Å². The van der Waals surface area contributed by atoms with E-state index in [-0.39, 0.29) is 6.61 Å². The molecular formula is C14H14F2N2O. The second-order valence-corrected chi connectivity index (χ2v) is 4.06. The zero-order valence-corrected chi connectivity index (χ0v) is 10.3. The molecule has 19 heavy (non-hydrogen) atoms. The minimum Gasteiger partial charge on any atom is -0.487 e. The molecule has 0 fully saturated rings. The third kappa shape index (κ3) is 3.72. The maximum atomic E-state index is 13.0. The molecule has 0 saturated heterocycles. The van der Waals surface area contributed by atoms with Gasteiger partial charge in [0.15, 0.2) is 11.6 Å². The van der Waals surface area contributed by atoms with Gasteiger partial charge in [0.05, 0.1) is 6.20 Å². The zero-order chi connectivity index (χ0) is 13.7. The van der Waals surface area contributed by atoms with E-state index in [1.165, 1.54) is 6.07 Å². The average molecular weight is 264 g/mol. The molecule has 0 atom stereocenters. The Morgan fingerprint density at radius 3 is 2.58 bits per heavy atom. The number of ether oxygens (including phenoxy) is 1. The lowest BCUT2D eigenvalue weighted by molar-refractivity contribution is 0.303. The molecule has 1 aromatic carbocycles. The van der Waals surface area contributed by atoms with Gasteiger partial charge >= 0.3 is 0 Å². The number of nitrogens with zero attached hydrogens (tertiary/aromatic N) is 1. The standard InChI is InChI=1S/C14H14F2N2O/c15-13-4-1-10(7-14(13)16)9-19-12-3-2-11(5-6-17)18-8-12/h1-4,7-8H,5-6,9,17H2. The van der Waals surface area contributed by atoms with Crippen LogP contribution in [-0.2, 0) is 13.0 Å². The molecule has 0 radical (unpaired) electrons. The van der Waals surface area contributed by atoms with E-state index in [1.54, 1.807) is 12.3 Å². The van der Waals surface area contributed by atoms with Gasteiger partial charge in [0.25, 0.3) is 0 Å². The van der Waals surface area contributed by atoms with Crippen LogP contribution in [0.3, 0.4) is 0 Å². The number of hydrogen-bond acceptors (Lipinski definition) is 3. The molecule has 0 bridgehead atoms. The van der Waals surface area contributed by atoms with Crippen molar-refractivity contribution in [2.75, 3.05) is 6.54 Å². The van der Waals surface area contributed by atoms with E-state index in [9.17, 15) is 8.78 Å². The molecule has 3 nitrogen and oxygen atoms in total.